The molecule has 0 amide bonds. The molecule has 0 radical (unpaired) electrons. The van der Waals surface area contributed by atoms with E-state index in [0.717, 1.165) is 16.9 Å². The number of nitrogens with one attached hydrogen (secondary N) is 1. The van der Waals surface area contributed by atoms with Crippen LogP contribution in [0.5, 0.6) is 0 Å². The molecule has 0 bridgehead atoms. The topological polar surface area (TPSA) is 83.5 Å². The molecule has 2 rings (SSSR count). The molecule has 9 heteroatoms. The summed E-state index contributed by atoms with van der Waals surface area (Å²) in [6, 6.07) is 5.44. The van der Waals surface area contributed by atoms with Gasteiger partial charge in [0.2, 0.25) is 0 Å². The van der Waals surface area contributed by atoms with Gasteiger partial charge in [0.1, 0.15) is 4.21 Å². The largest absolute Gasteiger partial charge is 0.478 e. The Labute approximate surface area is 138 Å². The fraction of sp³-hybridized carbons (Fsp3) is 0.0833. The van der Waals surface area contributed by atoms with Gasteiger partial charge in [0, 0.05) is 5.02 Å². The number of sulfonamides is 1. The first-order chi connectivity index (χ1) is 9.70. The van der Waals surface area contributed by atoms with Crippen LogP contribution in [-0.2, 0) is 10.0 Å². The highest BCUT2D eigenvalue weighted by atomic mass is 79.9. The maximum atomic E-state index is 12.3. The van der Waals surface area contributed by atoms with E-state index in [0.29, 0.717) is 3.79 Å². The summed E-state index contributed by atoms with van der Waals surface area (Å²) >= 11 is 10.0. The summed E-state index contributed by atoms with van der Waals surface area (Å²) in [6.45, 7) is 1.77. The second-order valence-electron chi connectivity index (χ2n) is 4.12. The lowest BCUT2D eigenvalue weighted by molar-refractivity contribution is 0.0698. The van der Waals surface area contributed by atoms with Crippen LogP contribution in [-0.4, -0.2) is 19.5 Å². The zero-order valence-corrected chi connectivity index (χ0v) is 14.5. The third-order valence-corrected chi connectivity index (χ3v) is 6.77. The molecule has 1 heterocycles. The van der Waals surface area contributed by atoms with Crippen LogP contribution >= 0.6 is 38.9 Å². The van der Waals surface area contributed by atoms with Gasteiger partial charge in [0.15, 0.2) is 0 Å². The molecule has 5 nitrogen and oxygen atoms in total. The molecule has 0 aliphatic carbocycles. The van der Waals surface area contributed by atoms with Crippen molar-refractivity contribution >= 4 is 60.5 Å². The number of hydrogen-bond donors (Lipinski definition) is 2. The SMILES string of the molecule is Cc1cc(S(=O)(=O)Nc2ccc(Cl)cc2C(=O)O)sc1Br. The Morgan fingerprint density at radius 2 is 2.05 bits per heavy atom. The van der Waals surface area contributed by atoms with Crippen molar-refractivity contribution in [1.29, 1.82) is 0 Å². The van der Waals surface area contributed by atoms with Gasteiger partial charge in [-0.05, 0) is 52.7 Å². The molecule has 0 unspecified atom stereocenters. The summed E-state index contributed by atoms with van der Waals surface area (Å²) < 4.78 is 27.6. The number of aromatic carboxylic acids is 1. The fourth-order valence-corrected chi connectivity index (χ4v) is 5.02. The van der Waals surface area contributed by atoms with Gasteiger partial charge in [0.25, 0.3) is 10.0 Å². The van der Waals surface area contributed by atoms with E-state index in [2.05, 4.69) is 20.7 Å². The smallest absolute Gasteiger partial charge is 0.337 e. The molecule has 112 valence electrons. The molecule has 2 aromatic rings. The van der Waals surface area contributed by atoms with Crippen molar-refractivity contribution in [1.82, 2.24) is 0 Å². The highest BCUT2D eigenvalue weighted by Crippen LogP contribution is 2.32. The minimum Gasteiger partial charge on any atom is -0.478 e. The van der Waals surface area contributed by atoms with Gasteiger partial charge in [-0.1, -0.05) is 11.6 Å². The molecule has 0 atom stereocenters. The van der Waals surface area contributed by atoms with E-state index in [1.54, 1.807) is 6.92 Å². The number of anilines is 1. The zero-order valence-electron chi connectivity index (χ0n) is 10.6. The Bertz CT molecular complexity index is 797. The van der Waals surface area contributed by atoms with E-state index in [9.17, 15) is 13.2 Å². The van der Waals surface area contributed by atoms with E-state index in [4.69, 9.17) is 16.7 Å². The summed E-state index contributed by atoms with van der Waals surface area (Å²) in [5.41, 5.74) is 0.544. The van der Waals surface area contributed by atoms with E-state index in [-0.39, 0.29) is 20.5 Å². The van der Waals surface area contributed by atoms with Crippen LogP contribution in [0.3, 0.4) is 0 Å². The number of carbonyl (C=O) groups is 1. The molecule has 0 saturated heterocycles. The number of halogens is 2. The molecule has 1 aromatic heterocycles. The maximum Gasteiger partial charge on any atom is 0.337 e. The predicted octanol–water partition coefficient (Wildman–Crippen LogP) is 3.97. The number of carboxylic acids is 1. The van der Waals surface area contributed by atoms with Crippen molar-refractivity contribution < 1.29 is 18.3 Å². The first-order valence-electron chi connectivity index (χ1n) is 5.52. The van der Waals surface area contributed by atoms with Gasteiger partial charge < -0.3 is 5.11 Å². The van der Waals surface area contributed by atoms with Crippen molar-refractivity contribution in [2.24, 2.45) is 0 Å². The highest BCUT2D eigenvalue weighted by molar-refractivity contribution is 9.11. The second kappa shape index (κ2) is 5.96. The van der Waals surface area contributed by atoms with Crippen LogP contribution in [0.2, 0.25) is 5.02 Å². The van der Waals surface area contributed by atoms with Crippen molar-refractivity contribution in [2.75, 3.05) is 4.72 Å². The Morgan fingerprint density at radius 1 is 1.38 bits per heavy atom. The van der Waals surface area contributed by atoms with Gasteiger partial charge in [-0.2, -0.15) is 0 Å². The van der Waals surface area contributed by atoms with Crippen LogP contribution < -0.4 is 4.72 Å². The van der Waals surface area contributed by atoms with E-state index >= 15 is 0 Å². The molecule has 0 aliphatic rings. The third kappa shape index (κ3) is 3.57. The first kappa shape index (κ1) is 16.3. The van der Waals surface area contributed by atoms with Crippen molar-refractivity contribution in [3.63, 3.8) is 0 Å². The monoisotopic (exact) mass is 409 g/mol. The summed E-state index contributed by atoms with van der Waals surface area (Å²) in [5, 5.41) is 9.32. The molecular weight excluding hydrogens is 402 g/mol. The minimum atomic E-state index is -3.85. The Morgan fingerprint density at radius 3 is 2.57 bits per heavy atom. The summed E-state index contributed by atoms with van der Waals surface area (Å²) in [6.07, 6.45) is 0. The number of benzene rings is 1. The third-order valence-electron chi connectivity index (χ3n) is 2.56. The van der Waals surface area contributed by atoms with Crippen LogP contribution in [0.15, 0.2) is 32.3 Å². The van der Waals surface area contributed by atoms with Crippen LogP contribution in [0.4, 0.5) is 5.69 Å². The quantitative estimate of drug-likeness (QED) is 0.799. The van der Waals surface area contributed by atoms with Crippen LogP contribution in [0.25, 0.3) is 0 Å². The van der Waals surface area contributed by atoms with Gasteiger partial charge in [0.05, 0.1) is 15.0 Å². The molecule has 0 spiro atoms. The number of rotatable bonds is 4. The maximum absolute atomic E-state index is 12.3. The average molecular weight is 411 g/mol. The average Bonchev–Trinajstić information content (AvgIpc) is 2.72. The highest BCUT2D eigenvalue weighted by Gasteiger charge is 2.21. The van der Waals surface area contributed by atoms with Crippen LogP contribution in [0.1, 0.15) is 15.9 Å². The van der Waals surface area contributed by atoms with Crippen molar-refractivity contribution in [2.45, 2.75) is 11.1 Å². The van der Waals surface area contributed by atoms with E-state index in [1.807, 2.05) is 0 Å². The van der Waals surface area contributed by atoms with E-state index in [1.165, 1.54) is 24.3 Å². The van der Waals surface area contributed by atoms with Gasteiger partial charge in [-0.15, -0.1) is 11.3 Å². The van der Waals surface area contributed by atoms with E-state index < -0.39 is 16.0 Å². The van der Waals surface area contributed by atoms with Gasteiger partial charge >= 0.3 is 5.97 Å². The molecule has 0 aliphatic heterocycles. The van der Waals surface area contributed by atoms with Crippen molar-refractivity contribution in [3.8, 4) is 0 Å². The van der Waals surface area contributed by atoms with Gasteiger partial charge in [-0.25, -0.2) is 13.2 Å². The molecule has 2 N–H and O–H groups in total. The summed E-state index contributed by atoms with van der Waals surface area (Å²) in [5.74, 6) is -1.27. The van der Waals surface area contributed by atoms with Crippen LogP contribution in [0, 0.1) is 6.92 Å². The Balaban J connectivity index is 2.44. The standard InChI is InChI=1S/C12H9BrClNO4S2/c1-6-4-10(20-11(6)13)21(18,19)15-9-3-2-7(14)5-8(9)12(16)17/h2-5,15H,1H3,(H,16,17). The minimum absolute atomic E-state index is 0.0333. The van der Waals surface area contributed by atoms with Gasteiger partial charge in [-0.3, -0.25) is 4.72 Å². The summed E-state index contributed by atoms with van der Waals surface area (Å²) in [7, 11) is -3.85. The zero-order chi connectivity index (χ0) is 15.8. The molecular formula is C12H9BrClNO4S2. The number of thiophene rings is 1. The predicted molar refractivity (Wildman–Crippen MR) is 86.0 cm³/mol. The molecule has 0 fully saturated rings. The molecule has 0 saturated carbocycles. The van der Waals surface area contributed by atoms with Crippen molar-refractivity contribution in [3.05, 3.63) is 44.2 Å². The summed E-state index contributed by atoms with van der Waals surface area (Å²) in [4.78, 5) is 11.2. The second-order valence-corrected chi connectivity index (χ2v) is 8.84. The lowest BCUT2D eigenvalue weighted by atomic mass is 10.2. The normalized spacial score (nSPS) is 11.4. The number of carboxylic acid groups (broad SMARTS) is 1. The lowest BCUT2D eigenvalue weighted by Crippen LogP contribution is -2.14. The number of aryl methyl sites for hydroxylation is 1. The number of hydrogen-bond acceptors (Lipinski definition) is 4. The molecule has 1 aromatic carbocycles. The Hall–Kier alpha value is -1.09. The lowest BCUT2D eigenvalue weighted by Gasteiger charge is -2.09. The first-order valence-corrected chi connectivity index (χ1v) is 8.99. The molecule has 21 heavy (non-hydrogen) atoms. The fourth-order valence-electron chi connectivity index (χ4n) is 1.54. The Kier molecular flexibility index (Phi) is 4.62.